The molecule has 0 radical (unpaired) electrons. The first-order valence-electron chi connectivity index (χ1n) is 8.22. The minimum absolute atomic E-state index is 0.0773. The molecule has 0 aliphatic carbocycles. The number of hydrogen-bond donors (Lipinski definition) is 0. The summed E-state index contributed by atoms with van der Waals surface area (Å²) in [6, 6.07) is 20.5. The summed E-state index contributed by atoms with van der Waals surface area (Å²) in [4.78, 5) is 14.0. The lowest BCUT2D eigenvalue weighted by atomic mass is 10.0. The molecule has 3 heteroatoms. The molecule has 0 atom stereocenters. The van der Waals surface area contributed by atoms with E-state index in [1.165, 1.54) is 16.3 Å². The number of benzene rings is 3. The summed E-state index contributed by atoms with van der Waals surface area (Å²) < 4.78 is 5.76. The number of anilines is 1. The molecule has 1 aliphatic rings. The predicted octanol–water partition coefficient (Wildman–Crippen LogP) is 4.44. The van der Waals surface area contributed by atoms with Crippen LogP contribution in [0.1, 0.15) is 22.8 Å². The molecule has 1 aliphatic heterocycles. The molecule has 0 saturated heterocycles. The number of hydrogen-bond acceptors (Lipinski definition) is 3. The van der Waals surface area contributed by atoms with Crippen molar-refractivity contribution < 1.29 is 9.53 Å². The van der Waals surface area contributed by atoms with Gasteiger partial charge in [0, 0.05) is 12.1 Å². The van der Waals surface area contributed by atoms with E-state index in [1.807, 2.05) is 18.2 Å². The van der Waals surface area contributed by atoms with E-state index in [2.05, 4.69) is 47.4 Å². The zero-order valence-electron chi connectivity index (χ0n) is 13.7. The Morgan fingerprint density at radius 1 is 1.08 bits per heavy atom. The zero-order valence-corrected chi connectivity index (χ0v) is 13.7. The second-order valence-electron chi connectivity index (χ2n) is 6.15. The number of carbonyl (C=O) groups excluding carboxylic acids is 1. The van der Waals surface area contributed by atoms with Crippen molar-refractivity contribution >= 4 is 22.2 Å². The Kier molecular flexibility index (Phi) is 3.69. The van der Waals surface area contributed by atoms with Gasteiger partial charge in [0.1, 0.15) is 12.4 Å². The normalized spacial score (nSPS) is 13.5. The van der Waals surface area contributed by atoms with Crippen LogP contribution in [0.2, 0.25) is 0 Å². The SMILES string of the molecule is CC(=O)c1ccc2c(c1)N(Cc1cccc3ccccc13)CCO2. The molecule has 0 N–H and O–H groups in total. The molecule has 1 heterocycles. The Bertz CT molecular complexity index is 911. The van der Waals surface area contributed by atoms with Crippen LogP contribution in [0.15, 0.2) is 60.7 Å². The average molecular weight is 317 g/mol. The van der Waals surface area contributed by atoms with E-state index in [0.717, 1.165) is 30.1 Å². The smallest absolute Gasteiger partial charge is 0.159 e. The number of rotatable bonds is 3. The highest BCUT2D eigenvalue weighted by Crippen LogP contribution is 2.34. The van der Waals surface area contributed by atoms with Gasteiger partial charge < -0.3 is 9.64 Å². The van der Waals surface area contributed by atoms with Crippen LogP contribution in [0.3, 0.4) is 0 Å². The van der Waals surface area contributed by atoms with Gasteiger partial charge in [-0.2, -0.15) is 0 Å². The zero-order chi connectivity index (χ0) is 16.5. The fourth-order valence-corrected chi connectivity index (χ4v) is 3.29. The molecule has 0 aromatic heterocycles. The Morgan fingerprint density at radius 2 is 1.92 bits per heavy atom. The minimum Gasteiger partial charge on any atom is -0.490 e. The third kappa shape index (κ3) is 2.62. The van der Waals surface area contributed by atoms with Crippen molar-refractivity contribution in [2.75, 3.05) is 18.1 Å². The number of nitrogens with zero attached hydrogens (tertiary/aromatic N) is 1. The molecular weight excluding hydrogens is 298 g/mol. The quantitative estimate of drug-likeness (QED) is 0.669. The van der Waals surface area contributed by atoms with E-state index < -0.39 is 0 Å². The first-order chi connectivity index (χ1) is 11.7. The Balaban J connectivity index is 1.73. The fourth-order valence-electron chi connectivity index (χ4n) is 3.29. The van der Waals surface area contributed by atoms with Gasteiger partial charge in [0.2, 0.25) is 0 Å². The molecule has 24 heavy (non-hydrogen) atoms. The van der Waals surface area contributed by atoms with Crippen LogP contribution in [0, 0.1) is 0 Å². The Hall–Kier alpha value is -2.81. The van der Waals surface area contributed by atoms with Gasteiger partial charge in [-0.15, -0.1) is 0 Å². The lowest BCUT2D eigenvalue weighted by molar-refractivity contribution is 0.101. The standard InChI is InChI=1S/C21H19NO2/c1-15(23)17-9-10-21-20(13-17)22(11-12-24-21)14-18-7-4-6-16-5-2-3-8-19(16)18/h2-10,13H,11-12,14H2,1H3. The predicted molar refractivity (Wildman–Crippen MR) is 96.9 cm³/mol. The van der Waals surface area contributed by atoms with E-state index in [1.54, 1.807) is 6.92 Å². The van der Waals surface area contributed by atoms with Crippen LogP contribution >= 0.6 is 0 Å². The van der Waals surface area contributed by atoms with Crippen molar-refractivity contribution in [3.05, 3.63) is 71.8 Å². The average Bonchev–Trinajstić information content (AvgIpc) is 2.62. The van der Waals surface area contributed by atoms with Crippen LogP contribution in [0.4, 0.5) is 5.69 Å². The molecular formula is C21H19NO2. The first kappa shape index (κ1) is 14.8. The largest absolute Gasteiger partial charge is 0.490 e. The fraction of sp³-hybridized carbons (Fsp3) is 0.190. The molecule has 3 aromatic carbocycles. The van der Waals surface area contributed by atoms with E-state index in [-0.39, 0.29) is 5.78 Å². The second-order valence-corrected chi connectivity index (χ2v) is 6.15. The molecule has 0 amide bonds. The van der Waals surface area contributed by atoms with Crippen LogP contribution in [0.25, 0.3) is 10.8 Å². The first-order valence-corrected chi connectivity index (χ1v) is 8.22. The molecule has 3 aromatic rings. The van der Waals surface area contributed by atoms with Gasteiger partial charge >= 0.3 is 0 Å². The summed E-state index contributed by atoms with van der Waals surface area (Å²) in [5, 5.41) is 2.52. The monoisotopic (exact) mass is 317 g/mol. The minimum atomic E-state index is 0.0773. The van der Waals surface area contributed by atoms with Crippen molar-refractivity contribution in [2.24, 2.45) is 0 Å². The van der Waals surface area contributed by atoms with Crippen molar-refractivity contribution in [1.82, 2.24) is 0 Å². The Labute approximate surface area is 141 Å². The third-order valence-corrected chi connectivity index (χ3v) is 4.57. The molecule has 120 valence electrons. The lowest BCUT2D eigenvalue weighted by Gasteiger charge is -2.32. The number of ether oxygens (including phenoxy) is 1. The maximum atomic E-state index is 11.7. The number of carbonyl (C=O) groups is 1. The molecule has 3 nitrogen and oxygen atoms in total. The maximum absolute atomic E-state index is 11.7. The highest BCUT2D eigenvalue weighted by Gasteiger charge is 2.20. The van der Waals surface area contributed by atoms with Crippen LogP contribution in [0.5, 0.6) is 5.75 Å². The van der Waals surface area contributed by atoms with E-state index >= 15 is 0 Å². The summed E-state index contributed by atoms with van der Waals surface area (Å²) in [6.07, 6.45) is 0. The second kappa shape index (κ2) is 6.00. The number of Topliss-reactive ketones (excluding diaryl/α,β-unsaturated/α-hetero) is 1. The summed E-state index contributed by atoms with van der Waals surface area (Å²) in [5.41, 5.74) is 3.01. The molecule has 0 spiro atoms. The van der Waals surface area contributed by atoms with Crippen molar-refractivity contribution in [2.45, 2.75) is 13.5 Å². The van der Waals surface area contributed by atoms with Crippen LogP contribution in [-0.2, 0) is 6.54 Å². The highest BCUT2D eigenvalue weighted by atomic mass is 16.5. The Morgan fingerprint density at radius 3 is 2.79 bits per heavy atom. The molecule has 0 saturated carbocycles. The van der Waals surface area contributed by atoms with Crippen molar-refractivity contribution in [3.8, 4) is 5.75 Å². The van der Waals surface area contributed by atoms with Gasteiger partial charge in [0.05, 0.1) is 12.2 Å². The molecule has 0 unspecified atom stereocenters. The van der Waals surface area contributed by atoms with Crippen LogP contribution in [-0.4, -0.2) is 18.9 Å². The van der Waals surface area contributed by atoms with Gasteiger partial charge in [-0.25, -0.2) is 0 Å². The lowest BCUT2D eigenvalue weighted by Crippen LogP contribution is -2.32. The van der Waals surface area contributed by atoms with Gasteiger partial charge in [0.15, 0.2) is 5.78 Å². The van der Waals surface area contributed by atoms with Gasteiger partial charge in [-0.05, 0) is 41.5 Å². The number of ketones is 1. The molecule has 0 bridgehead atoms. The number of fused-ring (bicyclic) bond motifs is 2. The summed E-state index contributed by atoms with van der Waals surface area (Å²) >= 11 is 0. The topological polar surface area (TPSA) is 29.5 Å². The van der Waals surface area contributed by atoms with Crippen LogP contribution < -0.4 is 9.64 Å². The van der Waals surface area contributed by atoms with Crippen molar-refractivity contribution in [3.63, 3.8) is 0 Å². The van der Waals surface area contributed by atoms with Gasteiger partial charge in [-0.3, -0.25) is 4.79 Å². The van der Waals surface area contributed by atoms with E-state index in [9.17, 15) is 4.79 Å². The van der Waals surface area contributed by atoms with Crippen molar-refractivity contribution in [1.29, 1.82) is 0 Å². The molecule has 4 rings (SSSR count). The highest BCUT2D eigenvalue weighted by molar-refractivity contribution is 5.95. The summed E-state index contributed by atoms with van der Waals surface area (Å²) in [7, 11) is 0. The van der Waals surface area contributed by atoms with Gasteiger partial charge in [-0.1, -0.05) is 42.5 Å². The maximum Gasteiger partial charge on any atom is 0.159 e. The summed E-state index contributed by atoms with van der Waals surface area (Å²) in [6.45, 7) is 3.88. The van der Waals surface area contributed by atoms with E-state index in [4.69, 9.17) is 4.74 Å². The van der Waals surface area contributed by atoms with Gasteiger partial charge in [0.25, 0.3) is 0 Å². The third-order valence-electron chi connectivity index (χ3n) is 4.57. The molecule has 0 fully saturated rings. The van der Waals surface area contributed by atoms with E-state index in [0.29, 0.717) is 6.61 Å². The summed E-state index contributed by atoms with van der Waals surface area (Å²) in [5.74, 6) is 0.931.